The van der Waals surface area contributed by atoms with Crippen molar-refractivity contribution in [3.8, 4) is 11.4 Å². The number of nitrogens with zero attached hydrogens (tertiary/aromatic N) is 4. The highest BCUT2D eigenvalue weighted by Crippen LogP contribution is 2.32. The van der Waals surface area contributed by atoms with Crippen molar-refractivity contribution in [1.82, 2.24) is 20.2 Å². The van der Waals surface area contributed by atoms with Gasteiger partial charge in [-0.2, -0.15) is 0 Å². The second-order valence-corrected chi connectivity index (χ2v) is 4.37. The van der Waals surface area contributed by atoms with Gasteiger partial charge in [-0.1, -0.05) is 30.1 Å². The second kappa shape index (κ2) is 4.89. The molecule has 0 saturated heterocycles. The molecule has 0 radical (unpaired) electrons. The second-order valence-electron chi connectivity index (χ2n) is 3.59. The Labute approximate surface area is 109 Å². The van der Waals surface area contributed by atoms with Gasteiger partial charge in [0.2, 0.25) is 0 Å². The first-order chi connectivity index (χ1) is 8.13. The topological polar surface area (TPSA) is 69.6 Å². The van der Waals surface area contributed by atoms with Crippen LogP contribution in [0.3, 0.4) is 0 Å². The Morgan fingerprint density at radius 2 is 2.12 bits per heavy atom. The number of nitrogens with two attached hydrogens (primary N) is 1. The Morgan fingerprint density at radius 1 is 1.35 bits per heavy atom. The van der Waals surface area contributed by atoms with Crippen LogP contribution in [0.15, 0.2) is 12.1 Å². The van der Waals surface area contributed by atoms with E-state index in [-0.39, 0.29) is 0 Å². The highest BCUT2D eigenvalue weighted by molar-refractivity contribution is 6.43. The van der Waals surface area contributed by atoms with Crippen molar-refractivity contribution in [1.29, 1.82) is 0 Å². The molecule has 0 aliphatic carbocycles. The average molecular weight is 272 g/mol. The van der Waals surface area contributed by atoms with E-state index in [1.165, 1.54) is 0 Å². The predicted molar refractivity (Wildman–Crippen MR) is 68.0 cm³/mol. The molecule has 0 saturated carbocycles. The summed E-state index contributed by atoms with van der Waals surface area (Å²) in [7, 11) is 0. The molecular formula is C10H11Cl2N5. The molecule has 2 aromatic rings. The maximum Gasteiger partial charge on any atom is 0.182 e. The summed E-state index contributed by atoms with van der Waals surface area (Å²) in [6.45, 7) is 2.79. The first-order valence-corrected chi connectivity index (χ1v) is 5.90. The van der Waals surface area contributed by atoms with Crippen molar-refractivity contribution < 1.29 is 0 Å². The third-order valence-electron chi connectivity index (χ3n) is 2.28. The molecule has 1 aromatic carbocycles. The molecule has 90 valence electrons. The molecule has 17 heavy (non-hydrogen) atoms. The first kappa shape index (κ1) is 12.1. The molecule has 0 atom stereocenters. The molecule has 0 fully saturated rings. The zero-order chi connectivity index (χ0) is 12.4. The molecule has 5 nitrogen and oxygen atoms in total. The van der Waals surface area contributed by atoms with Crippen LogP contribution in [0.5, 0.6) is 0 Å². The molecule has 0 bridgehead atoms. The SMILES string of the molecule is CCCn1nnnc1-c1cc(N)c(Cl)c(Cl)c1. The van der Waals surface area contributed by atoms with E-state index in [0.29, 0.717) is 21.6 Å². The summed E-state index contributed by atoms with van der Waals surface area (Å²) >= 11 is 11.9. The Morgan fingerprint density at radius 3 is 2.76 bits per heavy atom. The fourth-order valence-corrected chi connectivity index (χ4v) is 1.85. The van der Waals surface area contributed by atoms with Gasteiger partial charge in [-0.25, -0.2) is 4.68 Å². The van der Waals surface area contributed by atoms with Crippen molar-refractivity contribution in [2.24, 2.45) is 0 Å². The molecule has 0 amide bonds. The lowest BCUT2D eigenvalue weighted by Crippen LogP contribution is -2.02. The number of tetrazole rings is 1. The van der Waals surface area contributed by atoms with E-state index in [4.69, 9.17) is 28.9 Å². The van der Waals surface area contributed by atoms with E-state index in [2.05, 4.69) is 22.4 Å². The number of aryl methyl sites for hydroxylation is 1. The summed E-state index contributed by atoms with van der Waals surface area (Å²) in [6.07, 6.45) is 0.939. The molecule has 2 rings (SSSR count). The Hall–Kier alpha value is -1.33. The van der Waals surface area contributed by atoms with Crippen LogP contribution in [0.2, 0.25) is 10.0 Å². The van der Waals surface area contributed by atoms with Gasteiger partial charge in [-0.15, -0.1) is 5.10 Å². The van der Waals surface area contributed by atoms with E-state index in [1.54, 1.807) is 16.8 Å². The summed E-state index contributed by atoms with van der Waals surface area (Å²) in [4.78, 5) is 0. The predicted octanol–water partition coefficient (Wildman–Crippen LogP) is 2.64. The summed E-state index contributed by atoms with van der Waals surface area (Å²) in [5.41, 5.74) is 6.93. The lowest BCUT2D eigenvalue weighted by Gasteiger charge is -2.06. The number of benzene rings is 1. The molecule has 1 heterocycles. The number of nitrogen functional groups attached to an aromatic ring is 1. The van der Waals surface area contributed by atoms with E-state index in [9.17, 15) is 0 Å². The van der Waals surface area contributed by atoms with Crippen LogP contribution in [0, 0.1) is 0 Å². The van der Waals surface area contributed by atoms with Crippen LogP contribution in [-0.2, 0) is 6.54 Å². The van der Waals surface area contributed by atoms with Gasteiger partial charge in [0.25, 0.3) is 0 Å². The Bertz CT molecular complexity index is 514. The molecule has 0 spiro atoms. The zero-order valence-corrected chi connectivity index (χ0v) is 10.7. The minimum atomic E-state index is 0.352. The average Bonchev–Trinajstić information content (AvgIpc) is 2.74. The molecular weight excluding hydrogens is 261 g/mol. The van der Waals surface area contributed by atoms with Crippen molar-refractivity contribution in [3.63, 3.8) is 0 Å². The Kier molecular flexibility index (Phi) is 3.49. The molecule has 0 unspecified atom stereocenters. The zero-order valence-electron chi connectivity index (χ0n) is 9.19. The number of aromatic nitrogens is 4. The lowest BCUT2D eigenvalue weighted by molar-refractivity contribution is 0.583. The monoisotopic (exact) mass is 271 g/mol. The minimum Gasteiger partial charge on any atom is -0.397 e. The molecule has 0 aliphatic heterocycles. The van der Waals surface area contributed by atoms with E-state index < -0.39 is 0 Å². The van der Waals surface area contributed by atoms with E-state index in [1.807, 2.05) is 0 Å². The van der Waals surface area contributed by atoms with Gasteiger partial charge >= 0.3 is 0 Å². The third-order valence-corrected chi connectivity index (χ3v) is 3.10. The summed E-state index contributed by atoms with van der Waals surface area (Å²) in [6, 6.07) is 3.42. The molecule has 1 aromatic heterocycles. The van der Waals surface area contributed by atoms with Crippen molar-refractivity contribution in [2.45, 2.75) is 19.9 Å². The van der Waals surface area contributed by atoms with Gasteiger partial charge in [0.1, 0.15) is 0 Å². The summed E-state index contributed by atoms with van der Waals surface area (Å²) < 4.78 is 1.71. The van der Waals surface area contributed by atoms with Gasteiger partial charge in [0.15, 0.2) is 5.82 Å². The fourth-order valence-electron chi connectivity index (χ4n) is 1.51. The normalized spacial score (nSPS) is 10.8. The van der Waals surface area contributed by atoms with Crippen LogP contribution >= 0.6 is 23.2 Å². The molecule has 2 N–H and O–H groups in total. The quantitative estimate of drug-likeness (QED) is 0.872. The van der Waals surface area contributed by atoms with E-state index in [0.717, 1.165) is 18.5 Å². The molecule has 0 aliphatic rings. The maximum absolute atomic E-state index is 5.98. The third kappa shape index (κ3) is 2.35. The van der Waals surface area contributed by atoms with Crippen LogP contribution in [0.4, 0.5) is 5.69 Å². The first-order valence-electron chi connectivity index (χ1n) is 5.14. The van der Waals surface area contributed by atoms with Crippen LogP contribution in [-0.4, -0.2) is 20.2 Å². The van der Waals surface area contributed by atoms with Gasteiger partial charge in [0, 0.05) is 12.1 Å². The standard InChI is InChI=1S/C10H11Cl2N5/c1-2-3-17-10(14-15-16-17)6-4-7(11)9(12)8(13)5-6/h4-5H,2-3,13H2,1H3. The number of halogens is 2. The smallest absolute Gasteiger partial charge is 0.182 e. The number of hydrogen-bond donors (Lipinski definition) is 1. The van der Waals surface area contributed by atoms with Crippen molar-refractivity contribution >= 4 is 28.9 Å². The number of rotatable bonds is 3. The summed E-state index contributed by atoms with van der Waals surface area (Å²) in [5.74, 6) is 0.636. The van der Waals surface area contributed by atoms with E-state index >= 15 is 0 Å². The lowest BCUT2D eigenvalue weighted by atomic mass is 10.2. The largest absolute Gasteiger partial charge is 0.397 e. The maximum atomic E-state index is 5.98. The molecule has 7 heteroatoms. The fraction of sp³-hybridized carbons (Fsp3) is 0.300. The van der Waals surface area contributed by atoms with Crippen LogP contribution in [0.1, 0.15) is 13.3 Å². The summed E-state index contributed by atoms with van der Waals surface area (Å²) in [5, 5.41) is 12.3. The van der Waals surface area contributed by atoms with Crippen LogP contribution < -0.4 is 5.73 Å². The van der Waals surface area contributed by atoms with Crippen LogP contribution in [0.25, 0.3) is 11.4 Å². The minimum absolute atomic E-state index is 0.352. The highest BCUT2D eigenvalue weighted by atomic mass is 35.5. The van der Waals surface area contributed by atoms with Crippen molar-refractivity contribution in [2.75, 3.05) is 5.73 Å². The van der Waals surface area contributed by atoms with Gasteiger partial charge in [0.05, 0.1) is 15.7 Å². The number of anilines is 1. The van der Waals surface area contributed by atoms with Gasteiger partial charge < -0.3 is 5.73 Å². The number of hydrogen-bond acceptors (Lipinski definition) is 4. The van der Waals surface area contributed by atoms with Crippen molar-refractivity contribution in [3.05, 3.63) is 22.2 Å². The highest BCUT2D eigenvalue weighted by Gasteiger charge is 2.12. The van der Waals surface area contributed by atoms with Gasteiger partial charge in [-0.3, -0.25) is 0 Å². The Balaban J connectivity index is 2.49. The van der Waals surface area contributed by atoms with Gasteiger partial charge in [-0.05, 0) is 29.0 Å².